The minimum Gasteiger partial charge on any atom is -0.493 e. The number of nitrogens with two attached hydrogens (primary N) is 1. The summed E-state index contributed by atoms with van der Waals surface area (Å²) in [5.74, 6) is 1.29. The predicted octanol–water partition coefficient (Wildman–Crippen LogP) is 3.14. The Balaban J connectivity index is 1.87. The minimum absolute atomic E-state index is 0.327. The molecule has 0 atom stereocenters. The van der Waals surface area contributed by atoms with E-state index in [-0.39, 0.29) is 5.82 Å². The third kappa shape index (κ3) is 5.53. The van der Waals surface area contributed by atoms with E-state index < -0.39 is 0 Å². The summed E-state index contributed by atoms with van der Waals surface area (Å²) in [5.41, 5.74) is 7.66. The first kappa shape index (κ1) is 18.9. The molecule has 0 fully saturated rings. The molecule has 2 aromatic rings. The maximum Gasteiger partial charge on any atom is 0.188 e. The second-order valence-corrected chi connectivity index (χ2v) is 5.71. The quantitative estimate of drug-likeness (QED) is 0.584. The SMILES string of the molecule is COc1ccc(CN=C(N)NCCc2ccc(F)cc2Cl)cc1OC. The molecule has 0 heterocycles. The van der Waals surface area contributed by atoms with Crippen LogP contribution >= 0.6 is 11.6 Å². The van der Waals surface area contributed by atoms with E-state index in [0.717, 1.165) is 11.1 Å². The lowest BCUT2D eigenvalue weighted by Gasteiger charge is -2.09. The van der Waals surface area contributed by atoms with E-state index in [0.29, 0.717) is 42.0 Å². The molecule has 0 aliphatic heterocycles. The molecule has 0 aliphatic rings. The summed E-state index contributed by atoms with van der Waals surface area (Å²) >= 11 is 5.99. The number of hydrogen-bond acceptors (Lipinski definition) is 3. The van der Waals surface area contributed by atoms with Crippen molar-refractivity contribution >= 4 is 17.6 Å². The number of nitrogens with zero attached hydrogens (tertiary/aromatic N) is 1. The summed E-state index contributed by atoms with van der Waals surface area (Å²) in [6, 6.07) is 9.92. The molecule has 2 rings (SSSR count). The second-order valence-electron chi connectivity index (χ2n) is 5.30. The summed E-state index contributed by atoms with van der Waals surface area (Å²) in [6.45, 7) is 0.961. The number of halogens is 2. The van der Waals surface area contributed by atoms with Gasteiger partial charge < -0.3 is 20.5 Å². The van der Waals surface area contributed by atoms with E-state index in [4.69, 9.17) is 26.8 Å². The average Bonchev–Trinajstić information content (AvgIpc) is 2.61. The van der Waals surface area contributed by atoms with Crippen molar-refractivity contribution in [1.29, 1.82) is 0 Å². The molecule has 0 spiro atoms. The summed E-state index contributed by atoms with van der Waals surface area (Å²) in [5, 5.41) is 3.42. The molecule has 0 bridgehead atoms. The predicted molar refractivity (Wildman–Crippen MR) is 98.0 cm³/mol. The molecule has 0 unspecified atom stereocenters. The van der Waals surface area contributed by atoms with Crippen LogP contribution in [0.3, 0.4) is 0 Å². The van der Waals surface area contributed by atoms with Crippen molar-refractivity contribution in [2.24, 2.45) is 10.7 Å². The lowest BCUT2D eigenvalue weighted by molar-refractivity contribution is 0.354. The maximum atomic E-state index is 13.0. The van der Waals surface area contributed by atoms with Crippen LogP contribution in [-0.2, 0) is 13.0 Å². The topological polar surface area (TPSA) is 68.9 Å². The average molecular weight is 366 g/mol. The molecule has 0 saturated carbocycles. The fourth-order valence-electron chi connectivity index (χ4n) is 2.26. The van der Waals surface area contributed by atoms with Crippen LogP contribution in [0, 0.1) is 5.82 Å². The second kappa shape index (κ2) is 9.13. The molecule has 0 saturated heterocycles. The van der Waals surface area contributed by atoms with Gasteiger partial charge in [-0.25, -0.2) is 9.38 Å². The molecular weight excluding hydrogens is 345 g/mol. The summed E-state index contributed by atoms with van der Waals surface area (Å²) in [4.78, 5) is 4.29. The molecule has 25 heavy (non-hydrogen) atoms. The zero-order chi connectivity index (χ0) is 18.2. The van der Waals surface area contributed by atoms with Crippen molar-refractivity contribution < 1.29 is 13.9 Å². The van der Waals surface area contributed by atoms with Gasteiger partial charge in [-0.1, -0.05) is 23.7 Å². The number of methoxy groups -OCH3 is 2. The van der Waals surface area contributed by atoms with Gasteiger partial charge in [-0.15, -0.1) is 0 Å². The molecule has 3 N–H and O–H groups in total. The van der Waals surface area contributed by atoms with Crippen LogP contribution in [0.15, 0.2) is 41.4 Å². The Morgan fingerprint density at radius 2 is 1.92 bits per heavy atom. The molecule has 0 aromatic heterocycles. The monoisotopic (exact) mass is 365 g/mol. The zero-order valence-electron chi connectivity index (χ0n) is 14.2. The Morgan fingerprint density at radius 3 is 2.60 bits per heavy atom. The Kier molecular flexibility index (Phi) is 6.89. The van der Waals surface area contributed by atoms with E-state index in [1.54, 1.807) is 20.3 Å². The Morgan fingerprint density at radius 1 is 1.16 bits per heavy atom. The van der Waals surface area contributed by atoms with E-state index in [2.05, 4.69) is 10.3 Å². The number of nitrogens with one attached hydrogen (secondary N) is 1. The highest BCUT2D eigenvalue weighted by Gasteiger charge is 2.05. The number of benzene rings is 2. The van der Waals surface area contributed by atoms with Gasteiger partial charge in [0.25, 0.3) is 0 Å². The van der Waals surface area contributed by atoms with Gasteiger partial charge in [0.1, 0.15) is 5.82 Å². The lowest BCUT2D eigenvalue weighted by Crippen LogP contribution is -2.33. The maximum absolute atomic E-state index is 13.0. The largest absolute Gasteiger partial charge is 0.493 e. The molecule has 0 radical (unpaired) electrons. The number of ether oxygens (including phenoxy) is 2. The van der Waals surface area contributed by atoms with Gasteiger partial charge in [-0.2, -0.15) is 0 Å². The Bertz CT molecular complexity index is 753. The summed E-state index contributed by atoms with van der Waals surface area (Å²) in [7, 11) is 3.17. The van der Waals surface area contributed by atoms with Crippen LogP contribution in [0.5, 0.6) is 11.5 Å². The van der Waals surface area contributed by atoms with Gasteiger partial charge in [0, 0.05) is 11.6 Å². The van der Waals surface area contributed by atoms with Crippen molar-refractivity contribution in [1.82, 2.24) is 5.32 Å². The molecule has 0 aliphatic carbocycles. The molecule has 2 aromatic carbocycles. The van der Waals surface area contributed by atoms with Crippen molar-refractivity contribution in [3.05, 3.63) is 58.4 Å². The Labute approximate surface area is 151 Å². The molecule has 134 valence electrons. The minimum atomic E-state index is -0.349. The highest BCUT2D eigenvalue weighted by molar-refractivity contribution is 6.31. The van der Waals surface area contributed by atoms with Gasteiger partial charge in [0.05, 0.1) is 20.8 Å². The number of hydrogen-bond donors (Lipinski definition) is 2. The van der Waals surface area contributed by atoms with Crippen molar-refractivity contribution in [3.63, 3.8) is 0 Å². The molecule has 5 nitrogen and oxygen atoms in total. The molecule has 7 heteroatoms. The van der Waals surface area contributed by atoms with Crippen LogP contribution in [-0.4, -0.2) is 26.7 Å². The Hall–Kier alpha value is -2.47. The first-order valence-corrected chi connectivity index (χ1v) is 8.10. The fourth-order valence-corrected chi connectivity index (χ4v) is 2.52. The fraction of sp³-hybridized carbons (Fsp3) is 0.278. The van der Waals surface area contributed by atoms with Crippen molar-refractivity contribution in [3.8, 4) is 11.5 Å². The van der Waals surface area contributed by atoms with Crippen LogP contribution in [0.1, 0.15) is 11.1 Å². The summed E-state index contributed by atoms with van der Waals surface area (Å²) < 4.78 is 23.5. The summed E-state index contributed by atoms with van der Waals surface area (Å²) in [6.07, 6.45) is 0.617. The first-order valence-electron chi connectivity index (χ1n) is 7.72. The smallest absolute Gasteiger partial charge is 0.188 e. The number of guanidine groups is 1. The van der Waals surface area contributed by atoms with E-state index in [1.807, 2.05) is 18.2 Å². The van der Waals surface area contributed by atoms with Crippen LogP contribution < -0.4 is 20.5 Å². The molecule has 0 amide bonds. The highest BCUT2D eigenvalue weighted by atomic mass is 35.5. The third-order valence-corrected chi connectivity index (χ3v) is 3.95. The van der Waals surface area contributed by atoms with Gasteiger partial charge in [0.2, 0.25) is 0 Å². The van der Waals surface area contributed by atoms with E-state index in [9.17, 15) is 4.39 Å². The first-order chi connectivity index (χ1) is 12.0. The van der Waals surface area contributed by atoms with Crippen LogP contribution in [0.4, 0.5) is 4.39 Å². The van der Waals surface area contributed by atoms with Crippen LogP contribution in [0.2, 0.25) is 5.02 Å². The van der Waals surface area contributed by atoms with E-state index in [1.165, 1.54) is 12.1 Å². The van der Waals surface area contributed by atoms with Crippen LogP contribution in [0.25, 0.3) is 0 Å². The van der Waals surface area contributed by atoms with Gasteiger partial charge >= 0.3 is 0 Å². The standard InChI is InChI=1S/C18H21ClFN3O2/c1-24-16-6-3-12(9-17(16)25-2)11-23-18(21)22-8-7-13-4-5-14(20)10-15(13)19/h3-6,9-10H,7-8,11H2,1-2H3,(H3,21,22,23). The van der Waals surface area contributed by atoms with Crippen molar-refractivity contribution in [2.75, 3.05) is 20.8 Å². The van der Waals surface area contributed by atoms with Crippen molar-refractivity contribution in [2.45, 2.75) is 13.0 Å². The van der Waals surface area contributed by atoms with Gasteiger partial charge in [-0.3, -0.25) is 0 Å². The van der Waals surface area contributed by atoms with E-state index >= 15 is 0 Å². The van der Waals surface area contributed by atoms with Gasteiger partial charge in [0.15, 0.2) is 17.5 Å². The number of rotatable bonds is 7. The third-order valence-electron chi connectivity index (χ3n) is 3.60. The zero-order valence-corrected chi connectivity index (χ0v) is 14.9. The highest BCUT2D eigenvalue weighted by Crippen LogP contribution is 2.27. The van der Waals surface area contributed by atoms with Gasteiger partial charge in [-0.05, 0) is 41.8 Å². The lowest BCUT2D eigenvalue weighted by atomic mass is 10.1. The normalized spacial score (nSPS) is 11.3. The molecular formula is C18H21ClFN3O2. The number of aliphatic imine (C=N–C) groups is 1.